The zero-order valence-corrected chi connectivity index (χ0v) is 16.2. The molecule has 0 saturated carbocycles. The number of nitrogens with one attached hydrogen (secondary N) is 4. The maximum absolute atomic E-state index is 10.9. The number of H-pyrrole nitrogens is 2. The van der Waals surface area contributed by atoms with E-state index in [9.17, 15) is 20.2 Å². The van der Waals surface area contributed by atoms with Crippen molar-refractivity contribution in [1.82, 2.24) is 19.9 Å². The van der Waals surface area contributed by atoms with Crippen LogP contribution < -0.4 is 10.6 Å². The molecule has 12 heteroatoms. The Labute approximate surface area is 178 Å². The van der Waals surface area contributed by atoms with Gasteiger partial charge in [-0.15, -0.1) is 0 Å². The number of imidazole rings is 2. The van der Waals surface area contributed by atoms with Gasteiger partial charge in [-0.3, -0.25) is 20.2 Å². The lowest BCUT2D eigenvalue weighted by atomic mass is 10.3. The van der Waals surface area contributed by atoms with Gasteiger partial charge in [-0.2, -0.15) is 0 Å². The van der Waals surface area contributed by atoms with Crippen LogP contribution in [0.3, 0.4) is 0 Å². The smallest absolute Gasteiger partial charge is 0.271 e. The average Bonchev–Trinajstić information content (AvgIpc) is 3.36. The van der Waals surface area contributed by atoms with Gasteiger partial charge in [0.05, 0.1) is 31.9 Å². The third kappa shape index (κ3) is 3.63. The van der Waals surface area contributed by atoms with Gasteiger partial charge in [0, 0.05) is 35.6 Å². The molecular formula is C20H14N8O4. The Morgan fingerprint density at radius 2 is 1.06 bits per heavy atom. The highest BCUT2D eigenvalue weighted by molar-refractivity contribution is 5.82. The lowest BCUT2D eigenvalue weighted by molar-refractivity contribution is -0.384. The van der Waals surface area contributed by atoms with E-state index in [-0.39, 0.29) is 11.4 Å². The fraction of sp³-hybridized carbons (Fsp3) is 0. The molecule has 5 rings (SSSR count). The summed E-state index contributed by atoms with van der Waals surface area (Å²) in [7, 11) is 0. The number of hydrogen-bond acceptors (Lipinski definition) is 8. The second-order valence-electron chi connectivity index (χ2n) is 6.92. The second-order valence-corrected chi connectivity index (χ2v) is 6.92. The van der Waals surface area contributed by atoms with Gasteiger partial charge in [0.25, 0.3) is 11.4 Å². The summed E-state index contributed by atoms with van der Waals surface area (Å²) in [5, 5.41) is 28.1. The van der Waals surface area contributed by atoms with E-state index in [0.29, 0.717) is 34.0 Å². The number of fused-ring (bicyclic) bond motifs is 2. The summed E-state index contributed by atoms with van der Waals surface area (Å²) >= 11 is 0. The van der Waals surface area contributed by atoms with Gasteiger partial charge >= 0.3 is 0 Å². The molecule has 2 aromatic heterocycles. The number of benzene rings is 3. The van der Waals surface area contributed by atoms with Gasteiger partial charge in [-0.1, -0.05) is 0 Å². The summed E-state index contributed by atoms with van der Waals surface area (Å²) < 4.78 is 0. The molecule has 0 amide bonds. The predicted molar refractivity (Wildman–Crippen MR) is 119 cm³/mol. The first-order valence-corrected chi connectivity index (χ1v) is 9.37. The first kappa shape index (κ1) is 19.0. The van der Waals surface area contributed by atoms with Crippen LogP contribution in [0.4, 0.5) is 34.6 Å². The van der Waals surface area contributed by atoms with Gasteiger partial charge in [0.1, 0.15) is 0 Å². The van der Waals surface area contributed by atoms with Crippen molar-refractivity contribution in [2.75, 3.05) is 10.6 Å². The molecule has 2 heterocycles. The number of aromatic amines is 2. The first-order valence-electron chi connectivity index (χ1n) is 9.37. The number of nitrogens with zero attached hydrogens (tertiary/aromatic N) is 4. The second kappa shape index (κ2) is 7.36. The molecule has 0 aliphatic carbocycles. The number of nitro benzene ring substituents is 2. The highest BCUT2D eigenvalue weighted by atomic mass is 16.6. The number of nitro groups is 2. The number of anilines is 4. The Bertz CT molecular complexity index is 1380. The summed E-state index contributed by atoms with van der Waals surface area (Å²) in [6, 6.07) is 16.2. The summed E-state index contributed by atoms with van der Waals surface area (Å²) in [5.41, 5.74) is 3.83. The number of non-ortho nitro benzene ring substituents is 2. The van der Waals surface area contributed by atoms with Crippen LogP contribution in [0, 0.1) is 20.2 Å². The van der Waals surface area contributed by atoms with Crippen LogP contribution in [0.15, 0.2) is 60.7 Å². The lowest BCUT2D eigenvalue weighted by Crippen LogP contribution is -1.94. The fourth-order valence-electron chi connectivity index (χ4n) is 3.25. The zero-order valence-electron chi connectivity index (χ0n) is 16.2. The molecule has 0 atom stereocenters. The van der Waals surface area contributed by atoms with Crippen LogP contribution in [0.1, 0.15) is 0 Å². The monoisotopic (exact) mass is 430 g/mol. The zero-order chi connectivity index (χ0) is 22.2. The molecule has 3 aromatic carbocycles. The highest BCUT2D eigenvalue weighted by Crippen LogP contribution is 2.25. The van der Waals surface area contributed by atoms with E-state index in [4.69, 9.17) is 0 Å². The van der Waals surface area contributed by atoms with E-state index in [2.05, 4.69) is 30.6 Å². The molecule has 12 nitrogen and oxygen atoms in total. The van der Waals surface area contributed by atoms with E-state index in [1.54, 1.807) is 12.1 Å². The van der Waals surface area contributed by atoms with E-state index in [0.717, 1.165) is 11.4 Å². The molecule has 0 aliphatic rings. The van der Waals surface area contributed by atoms with Crippen molar-refractivity contribution < 1.29 is 9.85 Å². The summed E-state index contributed by atoms with van der Waals surface area (Å²) in [6.07, 6.45) is 0. The normalized spacial score (nSPS) is 11.0. The number of rotatable bonds is 6. The van der Waals surface area contributed by atoms with Crippen LogP contribution in [-0.4, -0.2) is 29.8 Å². The molecule has 0 unspecified atom stereocenters. The van der Waals surface area contributed by atoms with E-state index in [1.165, 1.54) is 24.3 Å². The number of aromatic nitrogens is 4. The average molecular weight is 430 g/mol. The molecule has 5 aromatic rings. The summed E-state index contributed by atoms with van der Waals surface area (Å²) in [4.78, 5) is 35.7. The van der Waals surface area contributed by atoms with Gasteiger partial charge in [0.2, 0.25) is 11.9 Å². The van der Waals surface area contributed by atoms with Crippen molar-refractivity contribution in [2.24, 2.45) is 0 Å². The Morgan fingerprint density at radius 1 is 0.656 bits per heavy atom. The quantitative estimate of drug-likeness (QED) is 0.221. The van der Waals surface area contributed by atoms with Crippen LogP contribution in [0.5, 0.6) is 0 Å². The minimum Gasteiger partial charge on any atom is -0.326 e. The molecule has 0 saturated heterocycles. The standard InChI is InChI=1S/C20H14N8O4/c29-27(30)13-5-7-15-17(9-13)25-19(23-15)21-11-1-2-12(4-3-11)22-20-24-16-8-6-14(28(31)32)10-18(16)26-20/h1-10H,(H2,21,23,25)(H2,22,24,26). The summed E-state index contributed by atoms with van der Waals surface area (Å²) in [5.74, 6) is 0.917. The van der Waals surface area contributed by atoms with Crippen molar-refractivity contribution in [1.29, 1.82) is 0 Å². The fourth-order valence-corrected chi connectivity index (χ4v) is 3.25. The van der Waals surface area contributed by atoms with Gasteiger partial charge in [-0.25, -0.2) is 9.97 Å². The topological polar surface area (TPSA) is 168 Å². The van der Waals surface area contributed by atoms with Crippen LogP contribution in [-0.2, 0) is 0 Å². The summed E-state index contributed by atoms with van der Waals surface area (Å²) in [6.45, 7) is 0. The molecule has 0 radical (unpaired) electrons. The first-order chi connectivity index (χ1) is 15.4. The molecule has 4 N–H and O–H groups in total. The van der Waals surface area contributed by atoms with Crippen LogP contribution in [0.25, 0.3) is 22.1 Å². The van der Waals surface area contributed by atoms with Crippen molar-refractivity contribution in [2.45, 2.75) is 0 Å². The predicted octanol–water partition coefficient (Wildman–Crippen LogP) is 4.74. The minimum atomic E-state index is -0.456. The third-order valence-electron chi connectivity index (χ3n) is 4.76. The maximum Gasteiger partial charge on any atom is 0.271 e. The van der Waals surface area contributed by atoms with Gasteiger partial charge < -0.3 is 20.6 Å². The molecular weight excluding hydrogens is 416 g/mol. The Balaban J connectivity index is 1.31. The van der Waals surface area contributed by atoms with Gasteiger partial charge in [0.15, 0.2) is 0 Å². The Hall–Kier alpha value is -5.00. The number of hydrogen-bond donors (Lipinski definition) is 4. The molecule has 158 valence electrons. The van der Waals surface area contributed by atoms with E-state index < -0.39 is 9.85 Å². The molecule has 0 spiro atoms. The van der Waals surface area contributed by atoms with E-state index in [1.807, 2.05) is 24.3 Å². The van der Waals surface area contributed by atoms with Crippen molar-refractivity contribution in [3.8, 4) is 0 Å². The molecule has 32 heavy (non-hydrogen) atoms. The van der Waals surface area contributed by atoms with Crippen LogP contribution in [0.2, 0.25) is 0 Å². The van der Waals surface area contributed by atoms with E-state index >= 15 is 0 Å². The maximum atomic E-state index is 10.9. The lowest BCUT2D eigenvalue weighted by Gasteiger charge is -2.06. The largest absolute Gasteiger partial charge is 0.326 e. The molecule has 0 fully saturated rings. The minimum absolute atomic E-state index is 0.0108. The van der Waals surface area contributed by atoms with Crippen molar-refractivity contribution in [3.63, 3.8) is 0 Å². The van der Waals surface area contributed by atoms with Crippen LogP contribution >= 0.6 is 0 Å². The molecule has 0 aliphatic heterocycles. The van der Waals surface area contributed by atoms with Crippen molar-refractivity contribution >= 4 is 56.7 Å². The highest BCUT2D eigenvalue weighted by Gasteiger charge is 2.11. The van der Waals surface area contributed by atoms with Crippen molar-refractivity contribution in [3.05, 3.63) is 80.9 Å². The Morgan fingerprint density at radius 3 is 1.44 bits per heavy atom. The Kier molecular flexibility index (Phi) is 4.37. The SMILES string of the molecule is O=[N+]([O-])c1ccc2nc(Nc3ccc(Nc4nc5ccc([N+](=O)[O-])cc5[nH]4)cc3)[nH]c2c1. The molecule has 0 bridgehead atoms. The third-order valence-corrected chi connectivity index (χ3v) is 4.76. The van der Waals surface area contributed by atoms with Gasteiger partial charge in [-0.05, 0) is 36.4 Å².